The minimum absolute atomic E-state index is 0.102. The van der Waals surface area contributed by atoms with Crippen molar-refractivity contribution in [2.24, 2.45) is 5.92 Å². The Balaban J connectivity index is 2.94. The minimum atomic E-state index is -0.505. The predicted molar refractivity (Wildman–Crippen MR) is 83.7 cm³/mol. The molecule has 6 nitrogen and oxygen atoms in total. The molecule has 1 aromatic carbocycles. The molecule has 0 aliphatic heterocycles. The molecule has 0 radical (unpaired) electrons. The normalized spacial score (nSPS) is 10.5. The second kappa shape index (κ2) is 8.24. The van der Waals surface area contributed by atoms with Crippen molar-refractivity contribution in [3.63, 3.8) is 0 Å². The molecule has 0 saturated carbocycles. The number of nitrogens with one attached hydrogen (secondary N) is 2. The number of anilines is 1. The number of rotatable bonds is 8. The van der Waals surface area contributed by atoms with E-state index in [1.807, 2.05) is 6.92 Å². The number of carbonyl (C=O) groups is 1. The van der Waals surface area contributed by atoms with Crippen molar-refractivity contribution in [1.29, 1.82) is 0 Å². The van der Waals surface area contributed by atoms with E-state index in [9.17, 15) is 14.9 Å². The summed E-state index contributed by atoms with van der Waals surface area (Å²) >= 11 is 0. The maximum absolute atomic E-state index is 12.1. The zero-order valence-electron chi connectivity index (χ0n) is 12.8. The van der Waals surface area contributed by atoms with Crippen LogP contribution in [-0.2, 0) is 0 Å². The lowest BCUT2D eigenvalue weighted by atomic mass is 10.1. The van der Waals surface area contributed by atoms with Crippen molar-refractivity contribution in [1.82, 2.24) is 5.32 Å². The molecule has 0 bridgehead atoms. The largest absolute Gasteiger partial charge is 0.379 e. The molecular formula is C15H23N3O3. The molecule has 0 aliphatic rings. The number of hydrogen-bond acceptors (Lipinski definition) is 4. The number of nitro groups is 1. The van der Waals surface area contributed by atoms with Gasteiger partial charge in [-0.15, -0.1) is 0 Å². The quantitative estimate of drug-likeness (QED) is 0.569. The molecule has 0 aliphatic carbocycles. The Morgan fingerprint density at radius 2 is 2.05 bits per heavy atom. The number of hydrogen-bond donors (Lipinski definition) is 2. The van der Waals surface area contributed by atoms with Gasteiger partial charge in [0.1, 0.15) is 11.3 Å². The van der Waals surface area contributed by atoms with E-state index in [-0.39, 0.29) is 11.3 Å². The van der Waals surface area contributed by atoms with Crippen LogP contribution in [0, 0.1) is 16.0 Å². The summed E-state index contributed by atoms with van der Waals surface area (Å²) < 4.78 is 0. The van der Waals surface area contributed by atoms with Crippen molar-refractivity contribution in [3.8, 4) is 0 Å². The number of nitro benzene ring substituents is 1. The van der Waals surface area contributed by atoms with Crippen molar-refractivity contribution in [3.05, 3.63) is 33.9 Å². The van der Waals surface area contributed by atoms with Crippen molar-refractivity contribution < 1.29 is 9.72 Å². The van der Waals surface area contributed by atoms with E-state index in [1.54, 1.807) is 12.1 Å². The second-order valence-electron chi connectivity index (χ2n) is 5.32. The van der Waals surface area contributed by atoms with Crippen molar-refractivity contribution in [2.75, 3.05) is 18.4 Å². The summed E-state index contributed by atoms with van der Waals surface area (Å²) in [6.07, 6.45) is 1.69. The maximum Gasteiger partial charge on any atom is 0.305 e. The van der Waals surface area contributed by atoms with E-state index in [4.69, 9.17) is 0 Å². The van der Waals surface area contributed by atoms with Crippen LogP contribution in [0.4, 0.5) is 11.4 Å². The highest BCUT2D eigenvalue weighted by molar-refractivity contribution is 6.00. The van der Waals surface area contributed by atoms with Gasteiger partial charge in [0.05, 0.1) is 4.92 Å². The van der Waals surface area contributed by atoms with E-state index in [0.29, 0.717) is 24.7 Å². The highest BCUT2D eigenvalue weighted by atomic mass is 16.6. The SMILES string of the molecule is CCCNc1cccc(C(=O)NCCC(C)C)c1[N+](=O)[O-]. The Morgan fingerprint density at radius 3 is 2.62 bits per heavy atom. The van der Waals surface area contributed by atoms with Gasteiger partial charge < -0.3 is 10.6 Å². The first-order valence-electron chi connectivity index (χ1n) is 7.26. The van der Waals surface area contributed by atoms with Gasteiger partial charge >= 0.3 is 5.69 Å². The maximum atomic E-state index is 12.1. The topological polar surface area (TPSA) is 84.3 Å². The van der Waals surface area contributed by atoms with Crippen LogP contribution in [0.15, 0.2) is 18.2 Å². The molecular weight excluding hydrogens is 270 g/mol. The summed E-state index contributed by atoms with van der Waals surface area (Å²) in [6, 6.07) is 4.76. The molecule has 1 rings (SSSR count). The number of amides is 1. The van der Waals surface area contributed by atoms with Gasteiger partial charge in [0.2, 0.25) is 0 Å². The number of benzene rings is 1. The minimum Gasteiger partial charge on any atom is -0.379 e. The summed E-state index contributed by atoms with van der Waals surface area (Å²) in [5.41, 5.74) is 0.330. The lowest BCUT2D eigenvalue weighted by molar-refractivity contribution is -0.384. The van der Waals surface area contributed by atoms with Crippen LogP contribution < -0.4 is 10.6 Å². The molecule has 0 spiro atoms. The van der Waals surface area contributed by atoms with E-state index in [0.717, 1.165) is 12.8 Å². The zero-order valence-corrected chi connectivity index (χ0v) is 12.8. The first-order valence-corrected chi connectivity index (χ1v) is 7.26. The first kappa shape index (κ1) is 16.9. The van der Waals surface area contributed by atoms with Gasteiger partial charge in [0, 0.05) is 13.1 Å². The molecule has 1 aromatic rings. The summed E-state index contributed by atoms with van der Waals surface area (Å²) in [5, 5.41) is 17.0. The molecule has 21 heavy (non-hydrogen) atoms. The lowest BCUT2D eigenvalue weighted by Gasteiger charge is -2.10. The highest BCUT2D eigenvalue weighted by Gasteiger charge is 2.24. The summed E-state index contributed by atoms with van der Waals surface area (Å²) in [7, 11) is 0. The van der Waals surface area contributed by atoms with E-state index in [2.05, 4.69) is 24.5 Å². The highest BCUT2D eigenvalue weighted by Crippen LogP contribution is 2.28. The monoisotopic (exact) mass is 293 g/mol. The molecule has 6 heteroatoms. The summed E-state index contributed by atoms with van der Waals surface area (Å²) in [5.74, 6) is 0.0698. The van der Waals surface area contributed by atoms with Crippen LogP contribution in [0.3, 0.4) is 0 Å². The van der Waals surface area contributed by atoms with Crippen LogP contribution in [0.5, 0.6) is 0 Å². The number of para-hydroxylation sites is 1. The molecule has 2 N–H and O–H groups in total. The Labute approximate surface area is 125 Å². The van der Waals surface area contributed by atoms with E-state index >= 15 is 0 Å². The fourth-order valence-corrected chi connectivity index (χ4v) is 1.90. The van der Waals surface area contributed by atoms with Crippen LogP contribution in [0.2, 0.25) is 0 Å². The first-order chi connectivity index (χ1) is 9.97. The van der Waals surface area contributed by atoms with Crippen LogP contribution in [-0.4, -0.2) is 23.9 Å². The molecule has 0 unspecified atom stereocenters. The molecule has 0 fully saturated rings. The molecule has 116 valence electrons. The van der Waals surface area contributed by atoms with Gasteiger partial charge in [-0.05, 0) is 30.9 Å². The summed E-state index contributed by atoms with van der Waals surface area (Å²) in [4.78, 5) is 22.9. The van der Waals surface area contributed by atoms with Gasteiger partial charge in [-0.2, -0.15) is 0 Å². The van der Waals surface area contributed by atoms with Crippen LogP contribution >= 0.6 is 0 Å². The van der Waals surface area contributed by atoms with Gasteiger partial charge in [0.15, 0.2) is 0 Å². The second-order valence-corrected chi connectivity index (χ2v) is 5.32. The molecule has 1 amide bonds. The number of nitrogens with zero attached hydrogens (tertiary/aromatic N) is 1. The molecule has 0 saturated heterocycles. The fraction of sp³-hybridized carbons (Fsp3) is 0.533. The van der Waals surface area contributed by atoms with E-state index < -0.39 is 10.8 Å². The zero-order chi connectivity index (χ0) is 15.8. The van der Waals surface area contributed by atoms with Gasteiger partial charge in [-0.25, -0.2) is 0 Å². The van der Waals surface area contributed by atoms with Crippen LogP contribution in [0.25, 0.3) is 0 Å². The van der Waals surface area contributed by atoms with Crippen LogP contribution in [0.1, 0.15) is 44.0 Å². The number of carbonyl (C=O) groups excluding carboxylic acids is 1. The lowest BCUT2D eigenvalue weighted by Crippen LogP contribution is -2.26. The predicted octanol–water partition coefficient (Wildman–Crippen LogP) is 3.19. The van der Waals surface area contributed by atoms with Crippen molar-refractivity contribution >= 4 is 17.3 Å². The van der Waals surface area contributed by atoms with Crippen molar-refractivity contribution in [2.45, 2.75) is 33.6 Å². The fourth-order valence-electron chi connectivity index (χ4n) is 1.90. The summed E-state index contributed by atoms with van der Waals surface area (Å²) in [6.45, 7) is 7.23. The third kappa shape index (κ3) is 5.06. The Hall–Kier alpha value is -2.11. The third-order valence-electron chi connectivity index (χ3n) is 3.04. The molecule has 0 atom stereocenters. The molecule has 0 aromatic heterocycles. The average Bonchev–Trinajstić information content (AvgIpc) is 2.43. The van der Waals surface area contributed by atoms with Gasteiger partial charge in [0.25, 0.3) is 5.91 Å². The van der Waals surface area contributed by atoms with Gasteiger partial charge in [-0.3, -0.25) is 14.9 Å². The average molecular weight is 293 g/mol. The Bertz CT molecular complexity index is 501. The smallest absolute Gasteiger partial charge is 0.305 e. The molecule has 0 heterocycles. The Morgan fingerprint density at radius 1 is 1.33 bits per heavy atom. The van der Waals surface area contributed by atoms with E-state index in [1.165, 1.54) is 6.07 Å². The standard InChI is InChI=1S/C15H23N3O3/c1-4-9-16-13-7-5-6-12(14(13)18(20)21)15(19)17-10-8-11(2)3/h5-7,11,16H,4,8-10H2,1-3H3,(H,17,19). The Kier molecular flexibility index (Phi) is 6.65. The van der Waals surface area contributed by atoms with Gasteiger partial charge in [-0.1, -0.05) is 26.8 Å². The third-order valence-corrected chi connectivity index (χ3v) is 3.04.